The number of hydrogen-bond acceptors (Lipinski definition) is 5. The summed E-state index contributed by atoms with van der Waals surface area (Å²) in [6.07, 6.45) is 2.92. The van der Waals surface area contributed by atoms with E-state index in [-0.39, 0.29) is 0 Å². The van der Waals surface area contributed by atoms with E-state index in [9.17, 15) is 0 Å². The average molecular weight is 297 g/mol. The topological polar surface area (TPSA) is 89.8 Å². The van der Waals surface area contributed by atoms with Crippen LogP contribution in [0.3, 0.4) is 0 Å². The zero-order valence-corrected chi connectivity index (χ0v) is 12.9. The highest BCUT2D eigenvalue weighted by Gasteiger charge is 2.29. The van der Waals surface area contributed by atoms with Crippen molar-refractivity contribution in [3.05, 3.63) is 47.2 Å². The number of aryl methyl sites for hydroxylation is 1. The second-order valence-corrected chi connectivity index (χ2v) is 6.13. The first-order valence-electron chi connectivity index (χ1n) is 7.79. The van der Waals surface area contributed by atoms with Gasteiger partial charge >= 0.3 is 0 Å². The van der Waals surface area contributed by atoms with Crippen LogP contribution in [0.25, 0.3) is 0 Å². The van der Waals surface area contributed by atoms with E-state index in [1.807, 2.05) is 6.07 Å². The van der Waals surface area contributed by atoms with Crippen LogP contribution in [-0.4, -0.2) is 22.6 Å². The third-order valence-electron chi connectivity index (χ3n) is 4.16. The number of hydrogen-bond donors (Lipinski definition) is 3. The van der Waals surface area contributed by atoms with Crippen LogP contribution in [0, 0.1) is 6.92 Å². The van der Waals surface area contributed by atoms with Crippen LogP contribution < -0.4 is 16.8 Å². The highest BCUT2D eigenvalue weighted by atomic mass is 15.1. The van der Waals surface area contributed by atoms with Crippen LogP contribution in [0.2, 0.25) is 0 Å². The molecule has 0 saturated heterocycles. The monoisotopic (exact) mass is 297 g/mol. The Hall–Kier alpha value is -2.14. The third kappa shape index (κ3) is 3.54. The van der Waals surface area contributed by atoms with Crippen LogP contribution in [0.5, 0.6) is 0 Å². The van der Waals surface area contributed by atoms with Crippen molar-refractivity contribution in [3.63, 3.8) is 0 Å². The van der Waals surface area contributed by atoms with Gasteiger partial charge in [0.2, 0.25) is 5.95 Å². The molecule has 5 N–H and O–H groups in total. The quantitative estimate of drug-likeness (QED) is 0.787. The molecule has 1 aliphatic carbocycles. The van der Waals surface area contributed by atoms with Gasteiger partial charge < -0.3 is 16.8 Å². The lowest BCUT2D eigenvalue weighted by Crippen LogP contribution is -2.35. The number of benzene rings is 1. The van der Waals surface area contributed by atoms with Crippen LogP contribution in [0.4, 0.5) is 11.8 Å². The molecule has 1 fully saturated rings. The third-order valence-corrected chi connectivity index (χ3v) is 4.16. The largest absolute Gasteiger partial charge is 0.370 e. The molecule has 0 aliphatic heterocycles. The van der Waals surface area contributed by atoms with Crippen LogP contribution in [-0.2, 0) is 6.42 Å². The zero-order valence-electron chi connectivity index (χ0n) is 12.9. The Balaban J connectivity index is 1.60. The number of anilines is 2. The molecule has 0 radical (unpaired) electrons. The van der Waals surface area contributed by atoms with Crippen molar-refractivity contribution in [1.29, 1.82) is 0 Å². The smallest absolute Gasteiger partial charge is 0.222 e. The zero-order chi connectivity index (χ0) is 15.5. The Bertz CT molecular complexity index is 649. The number of nitrogen functional groups attached to an aromatic ring is 1. The van der Waals surface area contributed by atoms with Gasteiger partial charge in [0.25, 0.3) is 0 Å². The van der Waals surface area contributed by atoms with Crippen molar-refractivity contribution < 1.29 is 0 Å². The van der Waals surface area contributed by atoms with Gasteiger partial charge in [0.1, 0.15) is 5.82 Å². The number of aromatic nitrogens is 2. The van der Waals surface area contributed by atoms with E-state index >= 15 is 0 Å². The Labute approximate surface area is 131 Å². The molecule has 1 aromatic carbocycles. The SMILES string of the molecule is Cc1cccc(CCNc2cc(C3CC(N)C3)nc(N)n2)c1. The lowest BCUT2D eigenvalue weighted by atomic mass is 9.78. The van der Waals surface area contributed by atoms with E-state index in [0.29, 0.717) is 17.9 Å². The Kier molecular flexibility index (Phi) is 4.24. The molecule has 5 nitrogen and oxygen atoms in total. The molecule has 3 rings (SSSR count). The molecular weight excluding hydrogens is 274 g/mol. The average Bonchev–Trinajstić information content (AvgIpc) is 2.43. The van der Waals surface area contributed by atoms with Crippen LogP contribution in [0.1, 0.15) is 35.6 Å². The molecule has 0 atom stereocenters. The van der Waals surface area contributed by atoms with Gasteiger partial charge in [-0.15, -0.1) is 0 Å². The molecule has 0 amide bonds. The lowest BCUT2D eigenvalue weighted by Gasteiger charge is -2.32. The van der Waals surface area contributed by atoms with E-state index in [1.54, 1.807) is 0 Å². The minimum atomic E-state index is 0.305. The molecule has 1 saturated carbocycles. The van der Waals surface area contributed by atoms with Crippen molar-refractivity contribution in [3.8, 4) is 0 Å². The van der Waals surface area contributed by atoms with E-state index in [0.717, 1.165) is 37.3 Å². The summed E-state index contributed by atoms with van der Waals surface area (Å²) in [7, 11) is 0. The molecular formula is C17H23N5. The Morgan fingerprint density at radius 2 is 2.05 bits per heavy atom. The minimum absolute atomic E-state index is 0.305. The second-order valence-electron chi connectivity index (χ2n) is 6.13. The predicted octanol–water partition coefficient (Wildman–Crippen LogP) is 2.23. The molecule has 0 unspecified atom stereocenters. The summed E-state index contributed by atoms with van der Waals surface area (Å²) in [5.41, 5.74) is 15.3. The van der Waals surface area contributed by atoms with Gasteiger partial charge in [-0.25, -0.2) is 4.98 Å². The molecule has 5 heteroatoms. The first-order valence-corrected chi connectivity index (χ1v) is 7.79. The van der Waals surface area contributed by atoms with Gasteiger partial charge in [0, 0.05) is 24.6 Å². The second kappa shape index (κ2) is 6.32. The minimum Gasteiger partial charge on any atom is -0.370 e. The maximum atomic E-state index is 5.85. The number of rotatable bonds is 5. The maximum absolute atomic E-state index is 5.85. The molecule has 1 heterocycles. The summed E-state index contributed by atoms with van der Waals surface area (Å²) in [4.78, 5) is 8.61. The van der Waals surface area contributed by atoms with Gasteiger partial charge in [-0.3, -0.25) is 0 Å². The number of nitrogens with one attached hydrogen (secondary N) is 1. The van der Waals surface area contributed by atoms with Crippen LogP contribution in [0.15, 0.2) is 30.3 Å². The first kappa shape index (κ1) is 14.8. The Morgan fingerprint density at radius 3 is 2.77 bits per heavy atom. The highest BCUT2D eigenvalue weighted by Crippen LogP contribution is 2.35. The normalized spacial score (nSPS) is 20.5. The van der Waals surface area contributed by atoms with E-state index < -0.39 is 0 Å². The van der Waals surface area contributed by atoms with Gasteiger partial charge in [-0.05, 0) is 31.7 Å². The van der Waals surface area contributed by atoms with Crippen molar-refractivity contribution in [2.45, 2.75) is 38.1 Å². The molecule has 0 spiro atoms. The molecule has 1 aromatic heterocycles. The summed E-state index contributed by atoms with van der Waals surface area (Å²) < 4.78 is 0. The lowest BCUT2D eigenvalue weighted by molar-refractivity contribution is 0.345. The Morgan fingerprint density at radius 1 is 1.23 bits per heavy atom. The molecule has 116 valence electrons. The fraction of sp³-hybridized carbons (Fsp3) is 0.412. The summed E-state index contributed by atoms with van der Waals surface area (Å²) in [6, 6.07) is 10.9. The van der Waals surface area contributed by atoms with E-state index in [1.165, 1.54) is 11.1 Å². The van der Waals surface area contributed by atoms with Gasteiger partial charge in [0.05, 0.1) is 5.69 Å². The molecule has 1 aliphatic rings. The van der Waals surface area contributed by atoms with Crippen molar-refractivity contribution >= 4 is 11.8 Å². The van der Waals surface area contributed by atoms with Crippen molar-refractivity contribution in [1.82, 2.24) is 9.97 Å². The van der Waals surface area contributed by atoms with Crippen molar-refractivity contribution in [2.75, 3.05) is 17.6 Å². The fourth-order valence-corrected chi connectivity index (χ4v) is 2.89. The summed E-state index contributed by atoms with van der Waals surface area (Å²) in [5.74, 6) is 1.56. The summed E-state index contributed by atoms with van der Waals surface area (Å²) in [5, 5.41) is 3.35. The predicted molar refractivity (Wildman–Crippen MR) is 89.8 cm³/mol. The summed E-state index contributed by atoms with van der Waals surface area (Å²) >= 11 is 0. The van der Waals surface area contributed by atoms with Gasteiger partial charge in [0.15, 0.2) is 0 Å². The van der Waals surface area contributed by atoms with E-state index in [2.05, 4.69) is 46.5 Å². The van der Waals surface area contributed by atoms with E-state index in [4.69, 9.17) is 11.5 Å². The number of nitrogens with zero attached hydrogens (tertiary/aromatic N) is 2. The molecule has 22 heavy (non-hydrogen) atoms. The number of nitrogens with two attached hydrogens (primary N) is 2. The summed E-state index contributed by atoms with van der Waals surface area (Å²) in [6.45, 7) is 2.93. The highest BCUT2D eigenvalue weighted by molar-refractivity contribution is 5.42. The van der Waals surface area contributed by atoms with Gasteiger partial charge in [-0.1, -0.05) is 29.8 Å². The fourth-order valence-electron chi connectivity index (χ4n) is 2.89. The van der Waals surface area contributed by atoms with Gasteiger partial charge in [-0.2, -0.15) is 4.98 Å². The standard InChI is InChI=1S/C17H23N5/c1-11-3-2-4-12(7-11)5-6-20-16-10-15(21-17(19)22-16)13-8-14(18)9-13/h2-4,7,10,13-14H,5-6,8-9,18H2,1H3,(H3,19,20,21,22). The first-order chi connectivity index (χ1) is 10.6. The van der Waals surface area contributed by atoms with Crippen LogP contribution >= 0.6 is 0 Å². The molecule has 0 bridgehead atoms. The van der Waals surface area contributed by atoms with Crippen molar-refractivity contribution in [2.24, 2.45) is 5.73 Å². The molecule has 2 aromatic rings. The maximum Gasteiger partial charge on any atom is 0.222 e.